The van der Waals surface area contributed by atoms with Gasteiger partial charge in [0.2, 0.25) is 11.8 Å². The lowest BCUT2D eigenvalue weighted by molar-refractivity contribution is -0.122. The topological polar surface area (TPSA) is 49.4 Å². The van der Waals surface area contributed by atoms with Gasteiger partial charge in [-0.1, -0.05) is 27.5 Å². The molecule has 1 aliphatic rings. The highest BCUT2D eigenvalue weighted by Crippen LogP contribution is 2.27. The molecule has 2 aromatic carbocycles. The Kier molecular flexibility index (Phi) is 4.68. The summed E-state index contributed by atoms with van der Waals surface area (Å²) < 4.78 is 0.945. The van der Waals surface area contributed by atoms with Gasteiger partial charge in [0, 0.05) is 33.8 Å². The Bertz CT molecular complexity index is 731. The standard InChI is InChI=1S/C17H14BrClN2O2/c18-12-1-5-14(6-2-12)20-17(23)11-9-16(22)21(10-11)15-7-3-13(19)4-8-15/h1-8,11H,9-10H2,(H,20,23)/t11-/m1/s1. The van der Waals surface area contributed by atoms with Crippen molar-refractivity contribution in [1.29, 1.82) is 0 Å². The van der Waals surface area contributed by atoms with Crippen molar-refractivity contribution in [3.8, 4) is 0 Å². The maximum Gasteiger partial charge on any atom is 0.229 e. The van der Waals surface area contributed by atoms with Crippen LogP contribution in [0.5, 0.6) is 0 Å². The molecule has 0 radical (unpaired) electrons. The Morgan fingerprint density at radius 3 is 2.43 bits per heavy atom. The minimum Gasteiger partial charge on any atom is -0.326 e. The van der Waals surface area contributed by atoms with Crippen molar-refractivity contribution >= 4 is 50.7 Å². The molecule has 0 spiro atoms. The molecular formula is C17H14BrClN2O2. The Hall–Kier alpha value is -1.85. The van der Waals surface area contributed by atoms with Crippen molar-refractivity contribution in [2.45, 2.75) is 6.42 Å². The van der Waals surface area contributed by atoms with E-state index in [1.54, 1.807) is 29.2 Å². The summed E-state index contributed by atoms with van der Waals surface area (Å²) in [6.45, 7) is 0.378. The van der Waals surface area contributed by atoms with Gasteiger partial charge in [-0.25, -0.2) is 0 Å². The van der Waals surface area contributed by atoms with Crippen LogP contribution in [-0.4, -0.2) is 18.4 Å². The SMILES string of the molecule is O=C(Nc1ccc(Br)cc1)[C@@H]1CC(=O)N(c2ccc(Cl)cc2)C1. The summed E-state index contributed by atoms with van der Waals surface area (Å²) in [6, 6.07) is 14.4. The largest absolute Gasteiger partial charge is 0.326 e. The molecule has 0 aliphatic carbocycles. The van der Waals surface area contributed by atoms with Crippen molar-refractivity contribution in [2.24, 2.45) is 5.92 Å². The lowest BCUT2D eigenvalue weighted by atomic mass is 10.1. The quantitative estimate of drug-likeness (QED) is 0.854. The Morgan fingerprint density at radius 2 is 1.78 bits per heavy atom. The zero-order chi connectivity index (χ0) is 16.4. The number of anilines is 2. The Morgan fingerprint density at radius 1 is 1.13 bits per heavy atom. The van der Waals surface area contributed by atoms with Gasteiger partial charge in [0.1, 0.15) is 0 Å². The molecule has 3 rings (SSSR count). The third-order valence-electron chi connectivity index (χ3n) is 3.75. The van der Waals surface area contributed by atoms with Gasteiger partial charge >= 0.3 is 0 Å². The molecular weight excluding hydrogens is 380 g/mol. The molecule has 118 valence electrons. The average Bonchev–Trinajstić information content (AvgIpc) is 2.92. The van der Waals surface area contributed by atoms with Crippen molar-refractivity contribution in [1.82, 2.24) is 0 Å². The van der Waals surface area contributed by atoms with E-state index in [1.807, 2.05) is 24.3 Å². The lowest BCUT2D eigenvalue weighted by Crippen LogP contribution is -2.28. The first-order valence-corrected chi connectivity index (χ1v) is 8.32. The number of carbonyl (C=O) groups is 2. The number of nitrogens with one attached hydrogen (secondary N) is 1. The molecule has 1 heterocycles. The minimum atomic E-state index is -0.359. The van der Waals surface area contributed by atoms with E-state index in [0.717, 1.165) is 15.8 Å². The van der Waals surface area contributed by atoms with Crippen LogP contribution in [0.2, 0.25) is 5.02 Å². The van der Waals surface area contributed by atoms with E-state index in [0.29, 0.717) is 11.6 Å². The Labute approximate surface area is 147 Å². The predicted octanol–water partition coefficient (Wildman–Crippen LogP) is 4.09. The zero-order valence-electron chi connectivity index (χ0n) is 12.1. The molecule has 2 aromatic rings. The summed E-state index contributed by atoms with van der Waals surface area (Å²) in [4.78, 5) is 26.2. The molecule has 0 saturated carbocycles. The Balaban J connectivity index is 1.68. The van der Waals surface area contributed by atoms with Crippen LogP contribution in [-0.2, 0) is 9.59 Å². The summed E-state index contributed by atoms with van der Waals surface area (Å²) in [7, 11) is 0. The smallest absolute Gasteiger partial charge is 0.229 e. The minimum absolute atomic E-state index is 0.0525. The number of benzene rings is 2. The van der Waals surface area contributed by atoms with Gasteiger partial charge in [-0.2, -0.15) is 0 Å². The second-order valence-electron chi connectivity index (χ2n) is 5.38. The number of hydrogen-bond donors (Lipinski definition) is 1. The first-order chi connectivity index (χ1) is 11.0. The molecule has 0 aromatic heterocycles. The molecule has 0 unspecified atom stereocenters. The van der Waals surface area contributed by atoms with E-state index in [2.05, 4.69) is 21.2 Å². The third-order valence-corrected chi connectivity index (χ3v) is 4.53. The second-order valence-corrected chi connectivity index (χ2v) is 6.73. The van der Waals surface area contributed by atoms with Crippen LogP contribution in [0.15, 0.2) is 53.0 Å². The summed E-state index contributed by atoms with van der Waals surface area (Å²) >= 11 is 9.22. The number of halogens is 2. The van der Waals surface area contributed by atoms with Crippen LogP contribution in [0.3, 0.4) is 0 Å². The molecule has 1 fully saturated rings. The van der Waals surface area contributed by atoms with E-state index >= 15 is 0 Å². The van der Waals surface area contributed by atoms with Crippen molar-refractivity contribution < 1.29 is 9.59 Å². The molecule has 1 aliphatic heterocycles. The summed E-state index contributed by atoms with van der Waals surface area (Å²) in [6.07, 6.45) is 0.213. The monoisotopic (exact) mass is 392 g/mol. The number of rotatable bonds is 3. The normalized spacial score (nSPS) is 17.4. The van der Waals surface area contributed by atoms with Gasteiger partial charge in [-0.3, -0.25) is 9.59 Å². The van der Waals surface area contributed by atoms with Gasteiger partial charge in [0.15, 0.2) is 0 Å². The zero-order valence-corrected chi connectivity index (χ0v) is 14.5. The third kappa shape index (κ3) is 3.74. The van der Waals surface area contributed by atoms with E-state index in [1.165, 1.54) is 0 Å². The molecule has 2 amide bonds. The van der Waals surface area contributed by atoms with Gasteiger partial charge in [-0.15, -0.1) is 0 Å². The second kappa shape index (κ2) is 6.72. The number of hydrogen-bond acceptors (Lipinski definition) is 2. The summed E-state index contributed by atoms with van der Waals surface area (Å²) in [5.41, 5.74) is 1.48. The van der Waals surface area contributed by atoms with Crippen LogP contribution in [0.4, 0.5) is 11.4 Å². The van der Waals surface area contributed by atoms with Gasteiger partial charge in [0.05, 0.1) is 5.92 Å². The number of amides is 2. The molecule has 6 heteroatoms. The maximum absolute atomic E-state index is 12.4. The summed E-state index contributed by atoms with van der Waals surface area (Å²) in [5, 5.41) is 3.47. The number of carbonyl (C=O) groups excluding carboxylic acids is 2. The predicted molar refractivity (Wildman–Crippen MR) is 94.7 cm³/mol. The first kappa shape index (κ1) is 16.0. The number of nitrogens with zero attached hydrogens (tertiary/aromatic N) is 1. The fourth-order valence-corrected chi connectivity index (χ4v) is 2.92. The van der Waals surface area contributed by atoms with Crippen molar-refractivity contribution in [3.63, 3.8) is 0 Å². The highest BCUT2D eigenvalue weighted by Gasteiger charge is 2.35. The van der Waals surface area contributed by atoms with Crippen LogP contribution in [0.25, 0.3) is 0 Å². The molecule has 23 heavy (non-hydrogen) atoms. The van der Waals surface area contributed by atoms with E-state index < -0.39 is 0 Å². The van der Waals surface area contributed by atoms with Gasteiger partial charge in [0.25, 0.3) is 0 Å². The molecule has 1 N–H and O–H groups in total. The van der Waals surface area contributed by atoms with E-state index in [-0.39, 0.29) is 24.2 Å². The molecule has 4 nitrogen and oxygen atoms in total. The average molecular weight is 394 g/mol. The first-order valence-electron chi connectivity index (χ1n) is 7.15. The van der Waals surface area contributed by atoms with Gasteiger partial charge in [-0.05, 0) is 48.5 Å². The fraction of sp³-hybridized carbons (Fsp3) is 0.176. The van der Waals surface area contributed by atoms with Crippen LogP contribution < -0.4 is 10.2 Å². The van der Waals surface area contributed by atoms with Crippen LogP contribution in [0.1, 0.15) is 6.42 Å². The molecule has 1 atom stereocenters. The van der Waals surface area contributed by atoms with Gasteiger partial charge < -0.3 is 10.2 Å². The van der Waals surface area contributed by atoms with Crippen molar-refractivity contribution in [3.05, 3.63) is 58.0 Å². The van der Waals surface area contributed by atoms with E-state index in [9.17, 15) is 9.59 Å². The molecule has 1 saturated heterocycles. The highest BCUT2D eigenvalue weighted by atomic mass is 79.9. The van der Waals surface area contributed by atoms with Crippen LogP contribution >= 0.6 is 27.5 Å². The molecule has 0 bridgehead atoms. The lowest BCUT2D eigenvalue weighted by Gasteiger charge is -2.16. The summed E-state index contributed by atoms with van der Waals surface area (Å²) in [5.74, 6) is -0.553. The maximum atomic E-state index is 12.4. The van der Waals surface area contributed by atoms with E-state index in [4.69, 9.17) is 11.6 Å². The van der Waals surface area contributed by atoms with Crippen molar-refractivity contribution in [2.75, 3.05) is 16.8 Å². The van der Waals surface area contributed by atoms with Crippen LogP contribution in [0, 0.1) is 5.92 Å². The fourth-order valence-electron chi connectivity index (χ4n) is 2.53. The highest BCUT2D eigenvalue weighted by molar-refractivity contribution is 9.10.